The first-order valence-electron chi connectivity index (χ1n) is 10.2. The molecule has 5 N–H and O–H groups in total. The Bertz CT molecular complexity index is 1010. The predicted octanol–water partition coefficient (Wildman–Crippen LogP) is 0.233. The molecular formula is C22H24N2O6. The number of rotatable bonds is 3. The Balaban J connectivity index is 1.79. The Kier molecular flexibility index (Phi) is 4.85. The highest BCUT2D eigenvalue weighted by molar-refractivity contribution is 6.27. The highest BCUT2D eigenvalue weighted by Gasteiger charge is 2.57. The molecule has 2 fully saturated rings. The molecule has 0 aliphatic heterocycles. The van der Waals surface area contributed by atoms with Crippen LogP contribution in [0.2, 0.25) is 0 Å². The van der Waals surface area contributed by atoms with Gasteiger partial charge >= 0.3 is 0 Å². The summed E-state index contributed by atoms with van der Waals surface area (Å²) in [6, 6.07) is 1.79. The fourth-order valence-corrected chi connectivity index (χ4v) is 5.67. The van der Waals surface area contributed by atoms with Crippen molar-refractivity contribution in [2.75, 3.05) is 0 Å². The van der Waals surface area contributed by atoms with E-state index in [-0.39, 0.29) is 30.2 Å². The molecule has 158 valence electrons. The molecule has 0 saturated heterocycles. The predicted molar refractivity (Wildman–Crippen MR) is 104 cm³/mol. The molecule has 3 aliphatic carbocycles. The highest BCUT2D eigenvalue weighted by atomic mass is 16.3. The number of fused-ring (bicyclic) bond motifs is 3. The fourth-order valence-electron chi connectivity index (χ4n) is 5.67. The molecule has 0 spiro atoms. The molecule has 0 bridgehead atoms. The minimum absolute atomic E-state index is 0.0486. The number of phenols is 1. The maximum Gasteiger partial charge on any atom is 0.235 e. The van der Waals surface area contributed by atoms with Gasteiger partial charge in [0.2, 0.25) is 5.91 Å². The second kappa shape index (κ2) is 7.12. The van der Waals surface area contributed by atoms with Crippen LogP contribution in [0.1, 0.15) is 46.8 Å². The van der Waals surface area contributed by atoms with Crippen molar-refractivity contribution in [3.8, 4) is 5.75 Å². The fraction of sp³-hybridized carbons (Fsp3) is 0.500. The van der Waals surface area contributed by atoms with E-state index in [1.165, 1.54) is 0 Å². The molecule has 0 heterocycles. The molecule has 8 heteroatoms. The zero-order valence-corrected chi connectivity index (χ0v) is 16.6. The number of carbonyl (C=O) groups is 5. The first-order valence-corrected chi connectivity index (χ1v) is 10.2. The molecule has 1 aromatic rings. The number of hydrogen-bond acceptors (Lipinski definition) is 7. The van der Waals surface area contributed by atoms with E-state index < -0.39 is 52.7 Å². The van der Waals surface area contributed by atoms with E-state index in [2.05, 4.69) is 0 Å². The number of carbonyl (C=O) groups excluding carboxylic acids is 5. The van der Waals surface area contributed by atoms with E-state index in [0.29, 0.717) is 30.4 Å². The lowest BCUT2D eigenvalue weighted by Crippen LogP contribution is -2.56. The number of nitrogens with two attached hydrogens (primary N) is 2. The number of aromatic hydroxyl groups is 1. The van der Waals surface area contributed by atoms with Crippen molar-refractivity contribution in [2.45, 2.75) is 39.2 Å². The summed E-state index contributed by atoms with van der Waals surface area (Å²) in [5.74, 6) is -8.43. The zero-order valence-electron chi connectivity index (χ0n) is 16.6. The standard InChI is InChI=1S/C22H24N2O6/c1-2-8-3-11(7-23)18(26)16-12(8)5-9-4-10-6-13(25)17(22(24)30)21(29)15(10)19(27)14(9)20(16)28/h3,9-10,14-15,17,26H,2,4-7,23H2,1H3,(H2,24,30). The average molecular weight is 412 g/mol. The normalized spacial score (nSPS) is 30.5. The summed E-state index contributed by atoms with van der Waals surface area (Å²) in [5.41, 5.74) is 13.1. The third kappa shape index (κ3) is 2.74. The van der Waals surface area contributed by atoms with Gasteiger partial charge in [-0.2, -0.15) is 0 Å². The van der Waals surface area contributed by atoms with Crippen LogP contribution in [0.5, 0.6) is 5.75 Å². The van der Waals surface area contributed by atoms with E-state index in [4.69, 9.17) is 11.5 Å². The van der Waals surface area contributed by atoms with Crippen molar-refractivity contribution in [2.24, 2.45) is 41.1 Å². The lowest BCUT2D eigenvalue weighted by atomic mass is 9.55. The third-order valence-electron chi connectivity index (χ3n) is 7.00. The van der Waals surface area contributed by atoms with E-state index in [1.54, 1.807) is 6.07 Å². The van der Waals surface area contributed by atoms with Gasteiger partial charge in [-0.25, -0.2) is 0 Å². The van der Waals surface area contributed by atoms with Gasteiger partial charge in [0.25, 0.3) is 0 Å². The molecule has 0 aromatic heterocycles. The SMILES string of the molecule is CCc1cc(CN)c(O)c2c1CC1CC3CC(=O)C(C(N)=O)C(=O)C3C(=O)C1C2=O. The number of ketones is 4. The van der Waals surface area contributed by atoms with Crippen LogP contribution in [0.3, 0.4) is 0 Å². The molecular weight excluding hydrogens is 388 g/mol. The monoisotopic (exact) mass is 412 g/mol. The second-order valence-electron chi connectivity index (χ2n) is 8.54. The van der Waals surface area contributed by atoms with Gasteiger partial charge in [-0.15, -0.1) is 0 Å². The Morgan fingerprint density at radius 2 is 1.73 bits per heavy atom. The summed E-state index contributed by atoms with van der Waals surface area (Å²) in [7, 11) is 0. The van der Waals surface area contributed by atoms with Gasteiger partial charge in [0.05, 0.1) is 17.4 Å². The summed E-state index contributed by atoms with van der Waals surface area (Å²) < 4.78 is 0. The van der Waals surface area contributed by atoms with Gasteiger partial charge in [0.1, 0.15) is 5.75 Å². The smallest absolute Gasteiger partial charge is 0.235 e. The maximum absolute atomic E-state index is 13.4. The first-order chi connectivity index (χ1) is 14.2. The van der Waals surface area contributed by atoms with Gasteiger partial charge in [0, 0.05) is 18.5 Å². The molecule has 2 saturated carbocycles. The molecule has 3 aliphatic rings. The van der Waals surface area contributed by atoms with Gasteiger partial charge in [-0.1, -0.05) is 13.0 Å². The average Bonchev–Trinajstić information content (AvgIpc) is 2.67. The summed E-state index contributed by atoms with van der Waals surface area (Å²) >= 11 is 0. The summed E-state index contributed by atoms with van der Waals surface area (Å²) in [5, 5.41) is 10.7. The van der Waals surface area contributed by atoms with Crippen LogP contribution in [0.4, 0.5) is 0 Å². The van der Waals surface area contributed by atoms with Crippen molar-refractivity contribution in [3.05, 3.63) is 28.3 Å². The zero-order chi connectivity index (χ0) is 21.9. The van der Waals surface area contributed by atoms with E-state index in [0.717, 1.165) is 5.56 Å². The quantitative estimate of drug-likeness (QED) is 0.600. The summed E-state index contributed by atoms with van der Waals surface area (Å²) in [6.07, 6.45) is 1.33. The number of benzene rings is 1. The van der Waals surface area contributed by atoms with Crippen LogP contribution in [0.25, 0.3) is 0 Å². The van der Waals surface area contributed by atoms with Crippen molar-refractivity contribution >= 4 is 29.0 Å². The number of phenolic OH excluding ortho intramolecular Hbond substituents is 1. The van der Waals surface area contributed by atoms with Crippen molar-refractivity contribution in [3.63, 3.8) is 0 Å². The second-order valence-corrected chi connectivity index (χ2v) is 8.54. The number of aryl methyl sites for hydroxylation is 1. The largest absolute Gasteiger partial charge is 0.507 e. The first kappa shape index (κ1) is 20.4. The minimum atomic E-state index is -1.62. The van der Waals surface area contributed by atoms with Crippen molar-refractivity contribution in [1.82, 2.24) is 0 Å². The van der Waals surface area contributed by atoms with Crippen LogP contribution in [-0.2, 0) is 38.6 Å². The number of Topliss-reactive ketones (excluding diaryl/α,β-unsaturated/α-hetero) is 4. The van der Waals surface area contributed by atoms with Crippen LogP contribution in [0, 0.1) is 29.6 Å². The lowest BCUT2D eigenvalue weighted by Gasteiger charge is -2.44. The topological polar surface area (TPSA) is 158 Å². The molecule has 5 unspecified atom stereocenters. The Labute approximate surface area is 173 Å². The van der Waals surface area contributed by atoms with Crippen molar-refractivity contribution in [1.29, 1.82) is 0 Å². The maximum atomic E-state index is 13.4. The van der Waals surface area contributed by atoms with Crippen LogP contribution < -0.4 is 11.5 Å². The summed E-state index contributed by atoms with van der Waals surface area (Å²) in [4.78, 5) is 63.4. The molecule has 5 atom stereocenters. The van der Waals surface area contributed by atoms with E-state index >= 15 is 0 Å². The number of primary amides is 1. The molecule has 0 radical (unpaired) electrons. The minimum Gasteiger partial charge on any atom is -0.507 e. The van der Waals surface area contributed by atoms with E-state index in [1.807, 2.05) is 6.92 Å². The molecule has 8 nitrogen and oxygen atoms in total. The van der Waals surface area contributed by atoms with Crippen LogP contribution in [0.15, 0.2) is 6.07 Å². The lowest BCUT2D eigenvalue weighted by molar-refractivity contribution is -0.152. The highest BCUT2D eigenvalue weighted by Crippen LogP contribution is 2.49. The van der Waals surface area contributed by atoms with Gasteiger partial charge < -0.3 is 16.6 Å². The molecule has 4 rings (SSSR count). The molecule has 1 aromatic carbocycles. The van der Waals surface area contributed by atoms with Gasteiger partial charge in [-0.3, -0.25) is 24.0 Å². The van der Waals surface area contributed by atoms with Crippen LogP contribution >= 0.6 is 0 Å². The van der Waals surface area contributed by atoms with Gasteiger partial charge in [0.15, 0.2) is 29.1 Å². The Morgan fingerprint density at radius 1 is 1.07 bits per heavy atom. The van der Waals surface area contributed by atoms with Gasteiger partial charge in [-0.05, 0) is 42.2 Å². The molecule has 30 heavy (non-hydrogen) atoms. The summed E-state index contributed by atoms with van der Waals surface area (Å²) in [6.45, 7) is 1.99. The number of hydrogen-bond donors (Lipinski definition) is 3. The van der Waals surface area contributed by atoms with Crippen LogP contribution in [-0.4, -0.2) is 34.1 Å². The van der Waals surface area contributed by atoms with E-state index in [9.17, 15) is 29.1 Å². The van der Waals surface area contributed by atoms with Crippen molar-refractivity contribution < 1.29 is 29.1 Å². The number of amides is 1. The third-order valence-corrected chi connectivity index (χ3v) is 7.00. The molecule has 1 amide bonds. The Morgan fingerprint density at radius 3 is 2.33 bits per heavy atom. The Hall–Kier alpha value is -2.87.